The number of aromatic hydroxyl groups is 1. The molecule has 35 heavy (non-hydrogen) atoms. The highest BCUT2D eigenvalue weighted by atomic mass is 32.2. The van der Waals surface area contributed by atoms with Gasteiger partial charge in [-0.2, -0.15) is 0 Å². The van der Waals surface area contributed by atoms with Crippen LogP contribution in [0, 0.1) is 11.6 Å². The quantitative estimate of drug-likeness (QED) is 0.353. The van der Waals surface area contributed by atoms with Gasteiger partial charge < -0.3 is 28.5 Å². The minimum absolute atomic E-state index is 0.000473. The van der Waals surface area contributed by atoms with Crippen LogP contribution in [-0.4, -0.2) is 32.1 Å². The van der Waals surface area contributed by atoms with Crippen LogP contribution in [-0.2, 0) is 15.3 Å². The van der Waals surface area contributed by atoms with E-state index in [1.165, 1.54) is 20.3 Å². The summed E-state index contributed by atoms with van der Waals surface area (Å²) < 4.78 is 54.0. The summed E-state index contributed by atoms with van der Waals surface area (Å²) in [6.07, 6.45) is -0.279. The van der Waals surface area contributed by atoms with Crippen molar-refractivity contribution in [1.29, 1.82) is 0 Å². The number of carbonyl (C=O) groups is 1. The normalized spacial score (nSPS) is 12.9. The molecule has 4 rings (SSSR count). The molecule has 0 spiro atoms. The molecule has 0 fully saturated rings. The average Bonchev–Trinajstić information content (AvgIpc) is 3.32. The van der Waals surface area contributed by atoms with E-state index in [0.29, 0.717) is 22.8 Å². The Morgan fingerprint density at radius 3 is 2.69 bits per heavy atom. The van der Waals surface area contributed by atoms with Gasteiger partial charge in [-0.15, -0.1) is 11.8 Å². The molecule has 1 atom stereocenters. The van der Waals surface area contributed by atoms with Gasteiger partial charge in [0.05, 0.1) is 32.3 Å². The largest absolute Gasteiger partial charge is 0.502 e. The van der Waals surface area contributed by atoms with E-state index in [9.17, 15) is 23.5 Å². The van der Waals surface area contributed by atoms with Crippen LogP contribution in [0.2, 0.25) is 0 Å². The second-order valence-corrected chi connectivity index (χ2v) is 8.46. The molecule has 3 aromatic rings. The standard InChI is InChI=1S/C24H20F2O8S/c1-30-18-5-12(6-19-24(18)33-11-32-19)15(9-21(28)31-2)23-22(29)17(27)8-14(34-23)10-35-20-4-3-13(25)7-16(20)26/h3-8,15,29H,9-11H2,1-2H3/t15-/m1/s1. The highest BCUT2D eigenvalue weighted by Gasteiger charge is 2.30. The maximum absolute atomic E-state index is 14.0. The van der Waals surface area contributed by atoms with Gasteiger partial charge in [-0.05, 0) is 29.8 Å². The monoisotopic (exact) mass is 506 g/mol. The molecule has 0 radical (unpaired) electrons. The molecule has 2 aromatic carbocycles. The molecule has 0 aliphatic carbocycles. The van der Waals surface area contributed by atoms with Crippen molar-refractivity contribution in [2.75, 3.05) is 21.0 Å². The smallest absolute Gasteiger partial charge is 0.306 e. The van der Waals surface area contributed by atoms with E-state index in [1.807, 2.05) is 0 Å². The Kier molecular flexibility index (Phi) is 7.15. The number of methoxy groups -OCH3 is 2. The Balaban J connectivity index is 1.74. The van der Waals surface area contributed by atoms with Crippen LogP contribution in [0.1, 0.15) is 29.4 Å². The first kappa shape index (κ1) is 24.4. The van der Waals surface area contributed by atoms with Crippen LogP contribution in [0.5, 0.6) is 23.0 Å². The second kappa shape index (κ2) is 10.3. The Hall–Kier alpha value is -3.73. The molecule has 2 heterocycles. The summed E-state index contributed by atoms with van der Waals surface area (Å²) in [6.45, 7) is -0.0240. The topological polar surface area (TPSA) is 104 Å². The van der Waals surface area contributed by atoms with Gasteiger partial charge in [0.2, 0.25) is 23.7 Å². The third-order valence-corrected chi connectivity index (χ3v) is 6.33. The number of rotatable bonds is 8. The molecule has 1 N–H and O–H groups in total. The van der Waals surface area contributed by atoms with Gasteiger partial charge >= 0.3 is 5.97 Å². The number of esters is 1. The first-order chi connectivity index (χ1) is 16.8. The van der Waals surface area contributed by atoms with Crippen LogP contribution in [0.3, 0.4) is 0 Å². The summed E-state index contributed by atoms with van der Waals surface area (Å²) in [4.78, 5) is 24.9. The lowest BCUT2D eigenvalue weighted by atomic mass is 9.91. The molecule has 1 aromatic heterocycles. The molecular weight excluding hydrogens is 486 g/mol. The summed E-state index contributed by atoms with van der Waals surface area (Å²) in [5.41, 5.74) is -0.312. The van der Waals surface area contributed by atoms with E-state index in [1.54, 1.807) is 12.1 Å². The molecule has 0 bridgehead atoms. The molecule has 0 amide bonds. The fourth-order valence-corrected chi connectivity index (χ4v) is 4.37. The molecule has 8 nitrogen and oxygen atoms in total. The third kappa shape index (κ3) is 5.19. The van der Waals surface area contributed by atoms with E-state index in [-0.39, 0.29) is 35.4 Å². The van der Waals surface area contributed by atoms with Gasteiger partial charge in [0.1, 0.15) is 17.4 Å². The molecule has 0 saturated heterocycles. The number of ether oxygens (including phenoxy) is 4. The molecule has 11 heteroatoms. The molecule has 0 saturated carbocycles. The van der Waals surface area contributed by atoms with Crippen molar-refractivity contribution < 1.29 is 42.0 Å². The summed E-state index contributed by atoms with van der Waals surface area (Å²) >= 11 is 0.976. The van der Waals surface area contributed by atoms with Crippen molar-refractivity contribution in [3.05, 3.63) is 75.3 Å². The Morgan fingerprint density at radius 2 is 1.97 bits per heavy atom. The van der Waals surface area contributed by atoms with Crippen LogP contribution >= 0.6 is 11.8 Å². The van der Waals surface area contributed by atoms with Gasteiger partial charge in [0.25, 0.3) is 0 Å². The van der Waals surface area contributed by atoms with Crippen molar-refractivity contribution in [3.8, 4) is 23.0 Å². The predicted molar refractivity (Wildman–Crippen MR) is 120 cm³/mol. The van der Waals surface area contributed by atoms with Crippen LogP contribution < -0.4 is 19.6 Å². The fraction of sp³-hybridized carbons (Fsp3) is 0.250. The molecular formula is C24H20F2O8S. The van der Waals surface area contributed by atoms with Crippen molar-refractivity contribution >= 4 is 17.7 Å². The van der Waals surface area contributed by atoms with Gasteiger partial charge in [-0.25, -0.2) is 8.78 Å². The number of fused-ring (bicyclic) bond motifs is 1. The van der Waals surface area contributed by atoms with Crippen molar-refractivity contribution in [2.24, 2.45) is 0 Å². The number of hydrogen-bond acceptors (Lipinski definition) is 9. The summed E-state index contributed by atoms with van der Waals surface area (Å²) in [5, 5.41) is 10.6. The first-order valence-electron chi connectivity index (χ1n) is 10.3. The number of benzene rings is 2. The van der Waals surface area contributed by atoms with Gasteiger partial charge in [-0.3, -0.25) is 9.59 Å². The zero-order chi connectivity index (χ0) is 25.1. The van der Waals surface area contributed by atoms with Crippen molar-refractivity contribution in [1.82, 2.24) is 0 Å². The van der Waals surface area contributed by atoms with Crippen LogP contribution in [0.4, 0.5) is 8.78 Å². The highest BCUT2D eigenvalue weighted by molar-refractivity contribution is 7.98. The molecule has 1 aliphatic rings. The molecule has 184 valence electrons. The zero-order valence-corrected chi connectivity index (χ0v) is 19.4. The number of halogens is 2. The number of hydrogen-bond donors (Lipinski definition) is 1. The minimum atomic E-state index is -0.953. The Bertz CT molecular complexity index is 1320. The van der Waals surface area contributed by atoms with E-state index >= 15 is 0 Å². The van der Waals surface area contributed by atoms with Gasteiger partial charge in [0.15, 0.2) is 17.3 Å². The van der Waals surface area contributed by atoms with Crippen molar-refractivity contribution in [3.63, 3.8) is 0 Å². The first-order valence-corrected chi connectivity index (χ1v) is 11.3. The van der Waals surface area contributed by atoms with E-state index in [0.717, 1.165) is 30.0 Å². The summed E-state index contributed by atoms with van der Waals surface area (Å²) in [5.74, 6) is -2.74. The predicted octanol–water partition coefficient (Wildman–Crippen LogP) is 4.35. The summed E-state index contributed by atoms with van der Waals surface area (Å²) in [7, 11) is 2.64. The van der Waals surface area contributed by atoms with E-state index in [2.05, 4.69) is 0 Å². The maximum atomic E-state index is 14.0. The Morgan fingerprint density at radius 1 is 1.17 bits per heavy atom. The lowest BCUT2D eigenvalue weighted by molar-refractivity contribution is -0.140. The van der Waals surface area contributed by atoms with E-state index < -0.39 is 34.7 Å². The number of thioether (sulfide) groups is 1. The lowest BCUT2D eigenvalue weighted by Gasteiger charge is -2.19. The fourth-order valence-electron chi connectivity index (χ4n) is 3.57. The highest BCUT2D eigenvalue weighted by Crippen LogP contribution is 2.45. The zero-order valence-electron chi connectivity index (χ0n) is 18.6. The van der Waals surface area contributed by atoms with Crippen LogP contribution in [0.15, 0.2) is 50.5 Å². The SMILES string of the molecule is COC(=O)C[C@H](c1cc(OC)c2c(c1)OCO2)c1oc(CSc2ccc(F)cc2F)cc(=O)c1O. The molecule has 1 aliphatic heterocycles. The molecule has 0 unspecified atom stereocenters. The number of carbonyl (C=O) groups excluding carboxylic acids is 1. The average molecular weight is 506 g/mol. The summed E-state index contributed by atoms with van der Waals surface area (Å²) in [6, 6.07) is 7.38. The second-order valence-electron chi connectivity index (χ2n) is 7.44. The van der Waals surface area contributed by atoms with Crippen LogP contribution in [0.25, 0.3) is 0 Å². The minimum Gasteiger partial charge on any atom is -0.502 e. The Labute approximate surface area is 202 Å². The van der Waals surface area contributed by atoms with Gasteiger partial charge in [0, 0.05) is 17.0 Å². The van der Waals surface area contributed by atoms with E-state index in [4.69, 9.17) is 23.4 Å². The van der Waals surface area contributed by atoms with Crippen molar-refractivity contribution in [2.45, 2.75) is 23.0 Å². The third-order valence-electron chi connectivity index (χ3n) is 5.26. The maximum Gasteiger partial charge on any atom is 0.306 e. The van der Waals surface area contributed by atoms with Gasteiger partial charge in [-0.1, -0.05) is 0 Å². The lowest BCUT2D eigenvalue weighted by Crippen LogP contribution is -2.14.